The van der Waals surface area contributed by atoms with Crippen molar-refractivity contribution in [3.05, 3.63) is 41.7 Å². The monoisotopic (exact) mass is 390 g/mol. The van der Waals surface area contributed by atoms with Crippen LogP contribution >= 0.6 is 0 Å². The van der Waals surface area contributed by atoms with Gasteiger partial charge in [-0.1, -0.05) is 12.6 Å². The molecule has 1 aliphatic rings. The number of hydrogen-bond acceptors (Lipinski definition) is 6. The number of ether oxygens (including phenoxy) is 4. The molecule has 6 nitrogen and oxygen atoms in total. The molecule has 0 bridgehead atoms. The van der Waals surface area contributed by atoms with Gasteiger partial charge >= 0.3 is 11.9 Å². The van der Waals surface area contributed by atoms with Gasteiger partial charge in [0.25, 0.3) is 0 Å². The standard InChI is InChI=1S/C22H30O6/c1-15(27-17(3)23)11-21-12-16(2)28-22(24)8-6-5-7-18-13-20(25-4)10-9-19(18)14-26-21/h9-10,13,16,21H,1,5-8,11-12,14H2,2-4H3/t16-,21+/m0/s1. The van der Waals surface area contributed by atoms with Gasteiger partial charge in [0.2, 0.25) is 0 Å². The second kappa shape index (κ2) is 10.9. The minimum absolute atomic E-state index is 0.199. The van der Waals surface area contributed by atoms with Crippen molar-refractivity contribution in [1.29, 1.82) is 0 Å². The van der Waals surface area contributed by atoms with Gasteiger partial charge in [0.1, 0.15) is 17.6 Å². The van der Waals surface area contributed by atoms with Crippen LogP contribution in [0.1, 0.15) is 57.1 Å². The molecule has 1 aliphatic heterocycles. The van der Waals surface area contributed by atoms with Crippen LogP contribution in [-0.2, 0) is 36.8 Å². The molecule has 0 saturated heterocycles. The first-order valence-corrected chi connectivity index (χ1v) is 9.70. The molecule has 28 heavy (non-hydrogen) atoms. The molecule has 1 heterocycles. The number of esters is 2. The van der Waals surface area contributed by atoms with E-state index in [-0.39, 0.29) is 18.2 Å². The molecule has 0 spiro atoms. The third-order valence-corrected chi connectivity index (χ3v) is 4.64. The normalized spacial score (nSPS) is 21.2. The molecule has 0 radical (unpaired) electrons. The Kier molecular flexibility index (Phi) is 8.51. The number of hydrogen-bond donors (Lipinski definition) is 0. The first-order valence-electron chi connectivity index (χ1n) is 9.70. The first kappa shape index (κ1) is 22.0. The Morgan fingerprint density at radius 2 is 2.00 bits per heavy atom. The Hall–Kier alpha value is -2.34. The second-order valence-electron chi connectivity index (χ2n) is 7.15. The van der Waals surface area contributed by atoms with E-state index in [4.69, 9.17) is 18.9 Å². The summed E-state index contributed by atoms with van der Waals surface area (Å²) in [7, 11) is 1.64. The SMILES string of the molecule is C=C(C[C@@H]1C[C@H](C)OC(=O)CCCCc2cc(OC)ccc2CO1)OC(C)=O. The number of carbonyl (C=O) groups is 2. The van der Waals surface area contributed by atoms with Crippen LogP contribution < -0.4 is 4.74 Å². The van der Waals surface area contributed by atoms with Gasteiger partial charge in [-0.15, -0.1) is 0 Å². The summed E-state index contributed by atoms with van der Waals surface area (Å²) in [4.78, 5) is 23.2. The Morgan fingerprint density at radius 3 is 2.71 bits per heavy atom. The molecule has 0 unspecified atom stereocenters. The zero-order chi connectivity index (χ0) is 20.5. The van der Waals surface area contributed by atoms with Gasteiger partial charge in [-0.05, 0) is 49.4 Å². The van der Waals surface area contributed by atoms with Crippen LogP contribution in [-0.4, -0.2) is 31.3 Å². The summed E-state index contributed by atoms with van der Waals surface area (Å²) >= 11 is 0. The fourth-order valence-electron chi connectivity index (χ4n) is 3.31. The molecule has 2 rings (SSSR count). The van der Waals surface area contributed by atoms with Gasteiger partial charge in [0, 0.05) is 26.2 Å². The van der Waals surface area contributed by atoms with Crippen LogP contribution in [0.15, 0.2) is 30.5 Å². The summed E-state index contributed by atoms with van der Waals surface area (Å²) < 4.78 is 22.0. The van der Waals surface area contributed by atoms with E-state index >= 15 is 0 Å². The Morgan fingerprint density at radius 1 is 1.25 bits per heavy atom. The third kappa shape index (κ3) is 7.35. The van der Waals surface area contributed by atoms with Gasteiger partial charge in [0.15, 0.2) is 0 Å². The van der Waals surface area contributed by atoms with E-state index < -0.39 is 5.97 Å². The van der Waals surface area contributed by atoms with E-state index in [1.54, 1.807) is 7.11 Å². The van der Waals surface area contributed by atoms with Crippen molar-refractivity contribution in [2.75, 3.05) is 7.11 Å². The summed E-state index contributed by atoms with van der Waals surface area (Å²) in [6, 6.07) is 5.95. The zero-order valence-electron chi connectivity index (χ0n) is 17.0. The average molecular weight is 390 g/mol. The van der Waals surface area contributed by atoms with Crippen molar-refractivity contribution in [2.45, 2.75) is 71.2 Å². The molecule has 0 aromatic heterocycles. The van der Waals surface area contributed by atoms with Crippen LogP contribution in [0.2, 0.25) is 0 Å². The number of methoxy groups -OCH3 is 1. The largest absolute Gasteiger partial charge is 0.497 e. The van der Waals surface area contributed by atoms with E-state index in [0.717, 1.165) is 36.1 Å². The highest BCUT2D eigenvalue weighted by Crippen LogP contribution is 2.24. The maximum Gasteiger partial charge on any atom is 0.307 e. The highest BCUT2D eigenvalue weighted by atomic mass is 16.5. The molecular formula is C22H30O6. The fraction of sp³-hybridized carbons (Fsp3) is 0.545. The van der Waals surface area contributed by atoms with Crippen LogP contribution in [0.4, 0.5) is 0 Å². The number of benzene rings is 1. The summed E-state index contributed by atoms with van der Waals surface area (Å²) in [6.07, 6.45) is 3.17. The van der Waals surface area contributed by atoms with Gasteiger partial charge < -0.3 is 18.9 Å². The molecule has 2 atom stereocenters. The van der Waals surface area contributed by atoms with Crippen molar-refractivity contribution < 1.29 is 28.5 Å². The molecule has 0 N–H and O–H groups in total. The van der Waals surface area contributed by atoms with Crippen LogP contribution in [0.3, 0.4) is 0 Å². The predicted octanol–water partition coefficient (Wildman–Crippen LogP) is 4.10. The van der Waals surface area contributed by atoms with Crippen molar-refractivity contribution in [1.82, 2.24) is 0 Å². The van der Waals surface area contributed by atoms with Crippen molar-refractivity contribution >= 4 is 11.9 Å². The number of fused-ring (bicyclic) bond motifs is 1. The number of aryl methyl sites for hydroxylation is 1. The highest BCUT2D eigenvalue weighted by Gasteiger charge is 2.21. The smallest absolute Gasteiger partial charge is 0.307 e. The maximum absolute atomic E-state index is 12.0. The van der Waals surface area contributed by atoms with E-state index in [1.807, 2.05) is 25.1 Å². The lowest BCUT2D eigenvalue weighted by molar-refractivity contribution is -0.150. The molecule has 0 aliphatic carbocycles. The van der Waals surface area contributed by atoms with Crippen LogP contribution in [0, 0.1) is 0 Å². The highest BCUT2D eigenvalue weighted by molar-refractivity contribution is 5.69. The zero-order valence-corrected chi connectivity index (χ0v) is 17.0. The van der Waals surface area contributed by atoms with E-state index in [2.05, 4.69) is 6.58 Å². The van der Waals surface area contributed by atoms with Gasteiger partial charge in [-0.3, -0.25) is 9.59 Å². The maximum atomic E-state index is 12.0. The summed E-state index contributed by atoms with van der Waals surface area (Å²) in [5.41, 5.74) is 2.24. The summed E-state index contributed by atoms with van der Waals surface area (Å²) in [6.45, 7) is 7.39. The number of cyclic esters (lactones) is 1. The van der Waals surface area contributed by atoms with Crippen molar-refractivity contribution in [3.8, 4) is 5.75 Å². The number of rotatable bonds is 4. The topological polar surface area (TPSA) is 71.1 Å². The Labute approximate surface area is 166 Å². The Balaban J connectivity index is 2.18. The van der Waals surface area contributed by atoms with Crippen LogP contribution in [0.25, 0.3) is 0 Å². The molecule has 0 amide bonds. The molecule has 1 aromatic carbocycles. The minimum atomic E-state index is -0.411. The fourth-order valence-corrected chi connectivity index (χ4v) is 3.31. The average Bonchev–Trinajstić information content (AvgIpc) is 2.63. The minimum Gasteiger partial charge on any atom is -0.497 e. The van der Waals surface area contributed by atoms with Crippen molar-refractivity contribution in [3.63, 3.8) is 0 Å². The van der Waals surface area contributed by atoms with E-state index in [0.29, 0.717) is 31.6 Å². The van der Waals surface area contributed by atoms with Crippen LogP contribution in [0.5, 0.6) is 5.75 Å². The van der Waals surface area contributed by atoms with E-state index in [9.17, 15) is 9.59 Å². The van der Waals surface area contributed by atoms with Crippen molar-refractivity contribution in [2.24, 2.45) is 0 Å². The lowest BCUT2D eigenvalue weighted by atomic mass is 10.0. The molecule has 6 heteroatoms. The quantitative estimate of drug-likeness (QED) is 0.569. The summed E-state index contributed by atoms with van der Waals surface area (Å²) in [5.74, 6) is 0.535. The lowest BCUT2D eigenvalue weighted by Gasteiger charge is -2.23. The van der Waals surface area contributed by atoms with Gasteiger partial charge in [-0.2, -0.15) is 0 Å². The summed E-state index contributed by atoms with van der Waals surface area (Å²) in [5, 5.41) is 0. The third-order valence-electron chi connectivity index (χ3n) is 4.64. The lowest BCUT2D eigenvalue weighted by Crippen LogP contribution is -2.24. The predicted molar refractivity (Wildman–Crippen MR) is 105 cm³/mol. The van der Waals surface area contributed by atoms with E-state index in [1.165, 1.54) is 6.92 Å². The molecule has 1 aromatic rings. The molecule has 154 valence electrons. The van der Waals surface area contributed by atoms with Gasteiger partial charge in [-0.25, -0.2) is 0 Å². The second-order valence-corrected chi connectivity index (χ2v) is 7.15. The number of carbonyl (C=O) groups excluding carboxylic acids is 2. The molecule has 0 fully saturated rings. The molecular weight excluding hydrogens is 360 g/mol. The molecule has 0 saturated carbocycles. The first-order chi connectivity index (χ1) is 13.4. The van der Waals surface area contributed by atoms with Gasteiger partial charge in [0.05, 0.1) is 19.8 Å². The Bertz CT molecular complexity index is 696.